The summed E-state index contributed by atoms with van der Waals surface area (Å²) in [6, 6.07) is 0.721. The summed E-state index contributed by atoms with van der Waals surface area (Å²) >= 11 is 0. The van der Waals surface area contributed by atoms with Crippen LogP contribution < -0.4 is 9.64 Å². The summed E-state index contributed by atoms with van der Waals surface area (Å²) in [5.74, 6) is -16.2. The zero-order chi connectivity index (χ0) is 21.0. The van der Waals surface area contributed by atoms with E-state index in [0.717, 1.165) is 6.08 Å². The van der Waals surface area contributed by atoms with Crippen LogP contribution in [0.1, 0.15) is 0 Å². The van der Waals surface area contributed by atoms with Gasteiger partial charge < -0.3 is 4.74 Å². The molecule has 0 N–H and O–H groups in total. The quantitative estimate of drug-likeness (QED) is 0.319. The number of benzene rings is 2. The predicted molar refractivity (Wildman–Crippen MR) is 79.8 cm³/mol. The maximum absolute atomic E-state index is 14.3. The van der Waals surface area contributed by atoms with Crippen molar-refractivity contribution in [3.63, 3.8) is 0 Å². The zero-order valence-corrected chi connectivity index (χ0v) is 13.4. The Hall–Kier alpha value is -3.11. The predicted octanol–water partition coefficient (Wildman–Crippen LogP) is 4.69. The maximum Gasteiger partial charge on any atom is 0.482 e. The molecule has 1 amide bonds. The number of anilines is 1. The highest BCUT2D eigenvalue weighted by atomic mass is 19.3. The topological polar surface area (TPSA) is 29.5 Å². The molecule has 0 spiro atoms. The first-order chi connectivity index (χ1) is 13.0. The van der Waals surface area contributed by atoms with Gasteiger partial charge in [0.05, 0.1) is 11.3 Å². The standard InChI is InChI=1S/C17H7F8NO2/c1-2-3-26-8-4-6(7(18)5-9(8)28-17(24,25)16(26)27)10-11(19)13(21)15(23)14(22)12(10)20/h2,4-5H,1,3H2. The van der Waals surface area contributed by atoms with Crippen molar-refractivity contribution < 1.29 is 44.7 Å². The summed E-state index contributed by atoms with van der Waals surface area (Å²) in [5, 5.41) is 0. The van der Waals surface area contributed by atoms with Gasteiger partial charge in [-0.1, -0.05) is 6.08 Å². The first-order valence-electron chi connectivity index (χ1n) is 7.36. The zero-order valence-electron chi connectivity index (χ0n) is 13.4. The Kier molecular flexibility index (Phi) is 4.56. The lowest BCUT2D eigenvalue weighted by atomic mass is 10.0. The van der Waals surface area contributed by atoms with E-state index < -0.39 is 76.0 Å². The number of ether oxygens (including phenoxy) is 1. The minimum Gasteiger partial charge on any atom is -0.423 e. The number of carbonyl (C=O) groups excluding carboxylic acids is 1. The average Bonchev–Trinajstić information content (AvgIpc) is 2.63. The molecule has 0 unspecified atom stereocenters. The highest BCUT2D eigenvalue weighted by Gasteiger charge is 2.50. The fourth-order valence-electron chi connectivity index (χ4n) is 2.63. The number of carbonyl (C=O) groups is 1. The number of hydrogen-bond donors (Lipinski definition) is 0. The molecule has 1 aliphatic rings. The first-order valence-corrected chi connectivity index (χ1v) is 7.36. The van der Waals surface area contributed by atoms with Crippen LogP contribution in [0.25, 0.3) is 11.1 Å². The summed E-state index contributed by atoms with van der Waals surface area (Å²) in [5.41, 5.74) is -3.35. The van der Waals surface area contributed by atoms with Crippen molar-refractivity contribution in [2.45, 2.75) is 6.11 Å². The Bertz CT molecular complexity index is 992. The normalized spacial score (nSPS) is 15.3. The number of hydrogen-bond acceptors (Lipinski definition) is 2. The van der Waals surface area contributed by atoms with Crippen molar-refractivity contribution in [1.82, 2.24) is 0 Å². The van der Waals surface area contributed by atoms with Gasteiger partial charge in [0.2, 0.25) is 5.82 Å². The highest BCUT2D eigenvalue weighted by Crippen LogP contribution is 2.44. The fraction of sp³-hybridized carbons (Fsp3) is 0.118. The van der Waals surface area contributed by atoms with Gasteiger partial charge in [0.15, 0.2) is 29.0 Å². The average molecular weight is 409 g/mol. The van der Waals surface area contributed by atoms with E-state index in [9.17, 15) is 39.9 Å². The fourth-order valence-corrected chi connectivity index (χ4v) is 2.63. The van der Waals surface area contributed by atoms with Crippen LogP contribution in [0.3, 0.4) is 0 Å². The summed E-state index contributed by atoms with van der Waals surface area (Å²) in [7, 11) is 0. The first kappa shape index (κ1) is 19.6. The molecule has 148 valence electrons. The highest BCUT2D eigenvalue weighted by molar-refractivity contribution is 6.01. The van der Waals surface area contributed by atoms with Crippen LogP contribution in [0.15, 0.2) is 24.8 Å². The van der Waals surface area contributed by atoms with Crippen LogP contribution >= 0.6 is 0 Å². The molecular formula is C17H7F8NO2. The van der Waals surface area contributed by atoms with Crippen LogP contribution in [-0.2, 0) is 4.79 Å². The molecule has 0 aromatic heterocycles. The van der Waals surface area contributed by atoms with E-state index >= 15 is 0 Å². The van der Waals surface area contributed by atoms with Gasteiger partial charge in [-0.2, -0.15) is 8.78 Å². The third kappa shape index (κ3) is 2.77. The van der Waals surface area contributed by atoms with E-state index in [4.69, 9.17) is 0 Å². The summed E-state index contributed by atoms with van der Waals surface area (Å²) in [6.45, 7) is 2.72. The van der Waals surface area contributed by atoms with Crippen LogP contribution in [0, 0.1) is 34.9 Å². The third-order valence-electron chi connectivity index (χ3n) is 3.86. The van der Waals surface area contributed by atoms with Crippen molar-refractivity contribution in [3.8, 4) is 16.9 Å². The van der Waals surface area contributed by atoms with Gasteiger partial charge in [-0.3, -0.25) is 9.69 Å². The Morgan fingerprint density at radius 3 is 2.04 bits per heavy atom. The van der Waals surface area contributed by atoms with Gasteiger partial charge in [-0.15, -0.1) is 6.58 Å². The molecule has 2 aromatic carbocycles. The van der Waals surface area contributed by atoms with Gasteiger partial charge in [-0.05, 0) is 6.07 Å². The van der Waals surface area contributed by atoms with E-state index in [1.165, 1.54) is 0 Å². The van der Waals surface area contributed by atoms with E-state index in [1.54, 1.807) is 0 Å². The molecule has 1 aliphatic heterocycles. The summed E-state index contributed by atoms with van der Waals surface area (Å²) < 4.78 is 114. The SMILES string of the molecule is C=CCN1C(=O)C(F)(F)Oc2cc(F)c(-c3c(F)c(F)c(F)c(F)c3F)cc21. The second kappa shape index (κ2) is 6.50. The van der Waals surface area contributed by atoms with E-state index in [2.05, 4.69) is 11.3 Å². The molecule has 1 heterocycles. The van der Waals surface area contributed by atoms with Crippen molar-refractivity contribution in [2.24, 2.45) is 0 Å². The van der Waals surface area contributed by atoms with Crippen molar-refractivity contribution >= 4 is 11.6 Å². The van der Waals surface area contributed by atoms with Gasteiger partial charge in [0, 0.05) is 18.2 Å². The largest absolute Gasteiger partial charge is 0.482 e. The lowest BCUT2D eigenvalue weighted by Crippen LogP contribution is -2.50. The van der Waals surface area contributed by atoms with Crippen LogP contribution in [0.5, 0.6) is 5.75 Å². The molecule has 3 rings (SSSR count). The smallest absolute Gasteiger partial charge is 0.423 e. The minimum absolute atomic E-state index is 0.249. The lowest BCUT2D eigenvalue weighted by molar-refractivity contribution is -0.192. The maximum atomic E-state index is 14.3. The van der Waals surface area contributed by atoms with Crippen molar-refractivity contribution in [2.75, 3.05) is 11.4 Å². The van der Waals surface area contributed by atoms with Gasteiger partial charge in [-0.25, -0.2) is 26.3 Å². The number of halogens is 8. The lowest BCUT2D eigenvalue weighted by Gasteiger charge is -2.33. The second-order valence-electron chi connectivity index (χ2n) is 5.57. The number of fused-ring (bicyclic) bond motifs is 1. The van der Waals surface area contributed by atoms with Gasteiger partial charge >= 0.3 is 12.0 Å². The van der Waals surface area contributed by atoms with Gasteiger partial charge in [0.25, 0.3) is 0 Å². The Balaban J connectivity index is 2.31. The molecule has 0 saturated heterocycles. The second-order valence-corrected chi connectivity index (χ2v) is 5.57. The molecule has 2 aromatic rings. The van der Waals surface area contributed by atoms with E-state index in [0.29, 0.717) is 11.0 Å². The Labute approximate surface area is 151 Å². The molecule has 0 aliphatic carbocycles. The molecule has 0 atom stereocenters. The molecule has 3 nitrogen and oxygen atoms in total. The molecule has 0 fully saturated rings. The molecule has 28 heavy (non-hydrogen) atoms. The Morgan fingerprint density at radius 1 is 0.964 bits per heavy atom. The van der Waals surface area contributed by atoms with Crippen molar-refractivity contribution in [3.05, 3.63) is 59.7 Å². The van der Waals surface area contributed by atoms with E-state index in [1.807, 2.05) is 0 Å². The Morgan fingerprint density at radius 2 is 1.50 bits per heavy atom. The van der Waals surface area contributed by atoms with Crippen molar-refractivity contribution in [1.29, 1.82) is 0 Å². The third-order valence-corrected chi connectivity index (χ3v) is 3.86. The van der Waals surface area contributed by atoms with E-state index in [-0.39, 0.29) is 6.07 Å². The number of rotatable bonds is 3. The van der Waals surface area contributed by atoms with Crippen LogP contribution in [0.4, 0.5) is 40.8 Å². The molecule has 0 radical (unpaired) electrons. The molecule has 0 bridgehead atoms. The number of alkyl halides is 2. The molecular weight excluding hydrogens is 402 g/mol. The van der Waals surface area contributed by atoms with Crippen LogP contribution in [0.2, 0.25) is 0 Å². The van der Waals surface area contributed by atoms with Gasteiger partial charge in [0.1, 0.15) is 5.82 Å². The van der Waals surface area contributed by atoms with Crippen LogP contribution in [-0.4, -0.2) is 18.6 Å². The summed E-state index contributed by atoms with van der Waals surface area (Å²) in [6.07, 6.45) is -3.35. The minimum atomic E-state index is -4.37. The number of nitrogens with zero attached hydrogens (tertiary/aromatic N) is 1. The molecule has 11 heteroatoms. The molecule has 0 saturated carbocycles. The monoisotopic (exact) mass is 409 g/mol. The number of amides is 1. The summed E-state index contributed by atoms with van der Waals surface area (Å²) in [4.78, 5) is 12.2.